The number of unbranched alkanes of at least 4 members (excludes halogenated alkanes) is 15. The van der Waals surface area contributed by atoms with Gasteiger partial charge in [0.1, 0.15) is 13.2 Å². The number of amides is 1. The van der Waals surface area contributed by atoms with Crippen molar-refractivity contribution in [3.63, 3.8) is 0 Å². The number of nitrogens with one attached hydrogen (secondary N) is 1. The lowest BCUT2D eigenvalue weighted by molar-refractivity contribution is -0.138. The number of hydrogen-bond acceptors (Lipinski definition) is 4. The number of hydrogen-bond donors (Lipinski definition) is 1. The molecule has 0 heterocycles. The molecule has 0 fully saturated rings. The van der Waals surface area contributed by atoms with Gasteiger partial charge in [-0.05, 0) is 6.42 Å². The molecule has 0 spiro atoms. The summed E-state index contributed by atoms with van der Waals surface area (Å²) >= 11 is 0. The van der Waals surface area contributed by atoms with Gasteiger partial charge in [-0.15, -0.1) is 0 Å². The highest BCUT2D eigenvalue weighted by molar-refractivity contribution is 5.81. The first-order chi connectivity index (χ1) is 14.2. The van der Waals surface area contributed by atoms with Crippen LogP contribution in [0.3, 0.4) is 0 Å². The summed E-state index contributed by atoms with van der Waals surface area (Å²) in [6.07, 6.45) is 22.0. The van der Waals surface area contributed by atoms with Gasteiger partial charge in [-0.3, -0.25) is 0 Å². The van der Waals surface area contributed by atoms with Crippen LogP contribution < -0.4 is 5.32 Å². The van der Waals surface area contributed by atoms with E-state index in [1.54, 1.807) is 0 Å². The van der Waals surface area contributed by atoms with Crippen LogP contribution in [-0.2, 0) is 14.3 Å². The number of alkyl carbamates (subject to hydrolysis) is 1. The monoisotopic (exact) mass is 411 g/mol. The van der Waals surface area contributed by atoms with Crippen molar-refractivity contribution in [3.05, 3.63) is 12.7 Å². The second-order valence-electron chi connectivity index (χ2n) is 7.74. The minimum atomic E-state index is -0.512. The molecule has 0 aromatic rings. The van der Waals surface area contributed by atoms with Gasteiger partial charge < -0.3 is 14.8 Å². The minimum Gasteiger partial charge on any atom is -0.459 e. The molecule has 5 heteroatoms. The van der Waals surface area contributed by atoms with Crippen molar-refractivity contribution in [3.8, 4) is 0 Å². The van der Waals surface area contributed by atoms with Crippen LogP contribution in [0.15, 0.2) is 12.7 Å². The van der Waals surface area contributed by atoms with E-state index >= 15 is 0 Å². The molecule has 1 N–H and O–H groups in total. The van der Waals surface area contributed by atoms with Crippen molar-refractivity contribution in [2.24, 2.45) is 0 Å². The number of ether oxygens (including phenoxy) is 2. The van der Waals surface area contributed by atoms with Gasteiger partial charge in [-0.1, -0.05) is 110 Å². The third kappa shape index (κ3) is 22.6. The van der Waals surface area contributed by atoms with Gasteiger partial charge in [0.05, 0.1) is 0 Å². The molecule has 170 valence electrons. The Balaban J connectivity index is 3.15. The molecule has 0 saturated carbocycles. The van der Waals surface area contributed by atoms with Gasteiger partial charge in [0, 0.05) is 12.6 Å². The van der Waals surface area contributed by atoms with Gasteiger partial charge in [0.15, 0.2) is 0 Å². The quantitative estimate of drug-likeness (QED) is 0.130. The Kier molecular flexibility index (Phi) is 21.6. The van der Waals surface area contributed by atoms with Crippen LogP contribution in [0.4, 0.5) is 4.79 Å². The lowest BCUT2D eigenvalue weighted by Gasteiger charge is -2.07. The van der Waals surface area contributed by atoms with Crippen LogP contribution in [0.1, 0.15) is 110 Å². The molecule has 0 atom stereocenters. The van der Waals surface area contributed by atoms with E-state index in [4.69, 9.17) is 9.47 Å². The van der Waals surface area contributed by atoms with E-state index in [1.807, 2.05) is 0 Å². The van der Waals surface area contributed by atoms with Gasteiger partial charge in [-0.25, -0.2) is 9.59 Å². The highest BCUT2D eigenvalue weighted by Gasteiger charge is 2.02. The van der Waals surface area contributed by atoms with Crippen LogP contribution in [0.5, 0.6) is 0 Å². The van der Waals surface area contributed by atoms with Crippen molar-refractivity contribution in [1.82, 2.24) is 5.32 Å². The van der Waals surface area contributed by atoms with Crippen molar-refractivity contribution in [2.75, 3.05) is 19.8 Å². The zero-order chi connectivity index (χ0) is 21.4. The topological polar surface area (TPSA) is 64.6 Å². The first kappa shape index (κ1) is 27.5. The van der Waals surface area contributed by atoms with E-state index < -0.39 is 12.1 Å². The zero-order valence-electron chi connectivity index (χ0n) is 18.9. The second-order valence-corrected chi connectivity index (χ2v) is 7.74. The third-order valence-electron chi connectivity index (χ3n) is 5.03. The van der Waals surface area contributed by atoms with E-state index in [2.05, 4.69) is 18.8 Å². The Morgan fingerprint density at radius 2 is 1.10 bits per heavy atom. The highest BCUT2D eigenvalue weighted by atomic mass is 16.6. The summed E-state index contributed by atoms with van der Waals surface area (Å²) in [6.45, 7) is 6.30. The molecular weight excluding hydrogens is 366 g/mol. The molecule has 0 aliphatic heterocycles. The van der Waals surface area contributed by atoms with Crippen molar-refractivity contribution in [2.45, 2.75) is 110 Å². The smallest absolute Gasteiger partial charge is 0.407 e. The molecule has 1 amide bonds. The fraction of sp³-hybridized carbons (Fsp3) is 0.833. The molecule has 0 bridgehead atoms. The number of rotatable bonds is 21. The maximum atomic E-state index is 11.4. The lowest BCUT2D eigenvalue weighted by atomic mass is 10.0. The van der Waals surface area contributed by atoms with Crippen molar-refractivity contribution >= 4 is 12.1 Å². The van der Waals surface area contributed by atoms with Crippen molar-refractivity contribution < 1.29 is 19.1 Å². The van der Waals surface area contributed by atoms with E-state index in [1.165, 1.54) is 89.9 Å². The maximum absolute atomic E-state index is 11.4. The van der Waals surface area contributed by atoms with Gasteiger partial charge in [0.2, 0.25) is 0 Å². The van der Waals surface area contributed by atoms with E-state index in [0.29, 0.717) is 6.54 Å². The number of carbonyl (C=O) groups excluding carboxylic acids is 2. The van der Waals surface area contributed by atoms with E-state index in [9.17, 15) is 9.59 Å². The predicted octanol–water partition coefficient (Wildman–Crippen LogP) is 6.70. The fourth-order valence-corrected chi connectivity index (χ4v) is 3.25. The molecule has 0 saturated heterocycles. The summed E-state index contributed by atoms with van der Waals surface area (Å²) in [5, 5.41) is 2.71. The molecule has 0 aromatic heterocycles. The number of carbonyl (C=O) groups is 2. The van der Waals surface area contributed by atoms with Crippen LogP contribution in [0.25, 0.3) is 0 Å². The van der Waals surface area contributed by atoms with E-state index in [-0.39, 0.29) is 13.2 Å². The Bertz CT molecular complexity index is 398. The lowest BCUT2D eigenvalue weighted by Crippen LogP contribution is -2.26. The maximum Gasteiger partial charge on any atom is 0.407 e. The fourth-order valence-electron chi connectivity index (χ4n) is 3.25. The average Bonchev–Trinajstić information content (AvgIpc) is 2.73. The molecule has 5 nitrogen and oxygen atoms in total. The Morgan fingerprint density at radius 3 is 1.55 bits per heavy atom. The molecule has 0 aliphatic rings. The first-order valence-corrected chi connectivity index (χ1v) is 11.9. The predicted molar refractivity (Wildman–Crippen MR) is 120 cm³/mol. The summed E-state index contributed by atoms with van der Waals surface area (Å²) in [5.74, 6) is -0.512. The van der Waals surface area contributed by atoms with Crippen molar-refractivity contribution in [1.29, 1.82) is 0 Å². The van der Waals surface area contributed by atoms with Gasteiger partial charge in [0.25, 0.3) is 0 Å². The molecule has 0 radical (unpaired) electrons. The van der Waals surface area contributed by atoms with Crippen LogP contribution in [0.2, 0.25) is 0 Å². The minimum absolute atomic E-state index is 0.0529. The standard InChI is InChI=1S/C24H45NO4/c1-3-5-6-7-8-9-10-11-12-13-14-15-16-17-18-19-20-25-24(27)29-22-21-28-23(26)4-2/h4H,2-3,5-22H2,1H3,(H,25,27). The normalized spacial score (nSPS) is 10.5. The zero-order valence-corrected chi connectivity index (χ0v) is 18.9. The van der Waals surface area contributed by atoms with E-state index in [0.717, 1.165) is 18.9 Å². The summed E-state index contributed by atoms with van der Waals surface area (Å²) < 4.78 is 9.62. The second kappa shape index (κ2) is 22.8. The van der Waals surface area contributed by atoms with Crippen LogP contribution in [0, 0.1) is 0 Å². The Hall–Kier alpha value is -1.52. The van der Waals surface area contributed by atoms with Crippen LogP contribution in [-0.4, -0.2) is 31.8 Å². The SMILES string of the molecule is C=CC(=O)OCCOC(=O)NCCCCCCCCCCCCCCCCCC. The first-order valence-electron chi connectivity index (χ1n) is 11.9. The molecule has 0 unspecified atom stereocenters. The molecule has 0 rings (SSSR count). The summed E-state index contributed by atoms with van der Waals surface area (Å²) in [4.78, 5) is 22.2. The largest absolute Gasteiger partial charge is 0.459 e. The highest BCUT2D eigenvalue weighted by Crippen LogP contribution is 2.13. The molecule has 0 aliphatic carbocycles. The molecule has 29 heavy (non-hydrogen) atoms. The molecular formula is C24H45NO4. The Morgan fingerprint density at radius 1 is 0.690 bits per heavy atom. The van der Waals surface area contributed by atoms with Crippen LogP contribution >= 0.6 is 0 Å². The molecule has 0 aromatic carbocycles. The van der Waals surface area contributed by atoms with Gasteiger partial charge >= 0.3 is 12.1 Å². The Labute approximate surface area is 179 Å². The summed E-state index contributed by atoms with van der Waals surface area (Å²) in [6, 6.07) is 0. The third-order valence-corrected chi connectivity index (χ3v) is 5.03. The number of esters is 1. The summed E-state index contributed by atoms with van der Waals surface area (Å²) in [7, 11) is 0. The summed E-state index contributed by atoms with van der Waals surface area (Å²) in [5.41, 5.74) is 0. The van der Waals surface area contributed by atoms with Gasteiger partial charge in [-0.2, -0.15) is 0 Å². The average molecular weight is 412 g/mol.